The minimum atomic E-state index is -0.0420. The summed E-state index contributed by atoms with van der Waals surface area (Å²) in [7, 11) is 1.78. The van der Waals surface area contributed by atoms with Crippen molar-refractivity contribution < 1.29 is 4.74 Å². The van der Waals surface area contributed by atoms with E-state index in [2.05, 4.69) is 80.3 Å². The van der Waals surface area contributed by atoms with Gasteiger partial charge in [0.25, 0.3) is 0 Å². The average molecular weight is 323 g/mol. The monoisotopic (exact) mass is 323 g/mol. The van der Waals surface area contributed by atoms with E-state index in [9.17, 15) is 0 Å². The van der Waals surface area contributed by atoms with Crippen molar-refractivity contribution in [3.8, 4) is 0 Å². The van der Waals surface area contributed by atoms with E-state index in [1.807, 2.05) is 12.1 Å². The summed E-state index contributed by atoms with van der Waals surface area (Å²) in [5.74, 6) is 0.516. The molecule has 0 aliphatic carbocycles. The topological polar surface area (TPSA) is 21.3 Å². The van der Waals surface area contributed by atoms with Gasteiger partial charge in [-0.1, -0.05) is 80.6 Å². The predicted molar refractivity (Wildman–Crippen MR) is 102 cm³/mol. The normalized spacial score (nSPS) is 15.0. The highest BCUT2D eigenvalue weighted by molar-refractivity contribution is 5.26. The Balaban J connectivity index is 2.36. The standard InChI is InChI=1S/C22H29NO/c1-5-12-20(17(2)3)23-21(18-13-8-6-9-14-18)22(24-4)19-15-10-7-11-16-19/h5-11,13-17,20-23H,1,12H2,2-4H3/t20-,21-,22+/m1/s1. The van der Waals surface area contributed by atoms with Gasteiger partial charge in [0.2, 0.25) is 0 Å². The molecular formula is C22H29NO. The Labute approximate surface area is 146 Å². The second-order valence-corrected chi connectivity index (χ2v) is 6.50. The largest absolute Gasteiger partial charge is 0.375 e. The van der Waals surface area contributed by atoms with E-state index in [1.165, 1.54) is 11.1 Å². The van der Waals surface area contributed by atoms with Crippen LogP contribution in [0, 0.1) is 5.92 Å². The summed E-state index contributed by atoms with van der Waals surface area (Å²) in [6, 6.07) is 21.4. The molecule has 0 radical (unpaired) electrons. The van der Waals surface area contributed by atoms with Crippen LogP contribution in [0.25, 0.3) is 0 Å². The fourth-order valence-corrected chi connectivity index (χ4v) is 3.07. The maximum Gasteiger partial charge on any atom is 0.102 e. The van der Waals surface area contributed by atoms with Gasteiger partial charge >= 0.3 is 0 Å². The first-order chi connectivity index (χ1) is 11.7. The molecule has 0 spiro atoms. The molecule has 2 heteroatoms. The van der Waals surface area contributed by atoms with Crippen molar-refractivity contribution in [3.63, 3.8) is 0 Å². The van der Waals surface area contributed by atoms with Crippen LogP contribution >= 0.6 is 0 Å². The average Bonchev–Trinajstić information content (AvgIpc) is 2.62. The molecule has 0 aromatic heterocycles. The summed E-state index contributed by atoms with van der Waals surface area (Å²) in [5.41, 5.74) is 2.42. The lowest BCUT2D eigenvalue weighted by Crippen LogP contribution is -2.39. The van der Waals surface area contributed by atoms with Gasteiger partial charge in [0.05, 0.1) is 6.04 Å². The molecule has 24 heavy (non-hydrogen) atoms. The van der Waals surface area contributed by atoms with Crippen molar-refractivity contribution in [2.24, 2.45) is 5.92 Å². The number of methoxy groups -OCH3 is 1. The number of hydrogen-bond donors (Lipinski definition) is 1. The van der Waals surface area contributed by atoms with Gasteiger partial charge in [-0.05, 0) is 23.5 Å². The third-order valence-electron chi connectivity index (χ3n) is 4.46. The van der Waals surface area contributed by atoms with Gasteiger partial charge in [-0.15, -0.1) is 6.58 Å². The SMILES string of the molecule is C=CC[C@@H](N[C@H](c1ccccc1)[C@@H](OC)c1ccccc1)C(C)C. The van der Waals surface area contributed by atoms with Gasteiger partial charge in [0, 0.05) is 13.2 Å². The van der Waals surface area contributed by atoms with Crippen LogP contribution in [-0.2, 0) is 4.74 Å². The van der Waals surface area contributed by atoms with Crippen LogP contribution in [-0.4, -0.2) is 13.2 Å². The second-order valence-electron chi connectivity index (χ2n) is 6.50. The summed E-state index contributed by atoms with van der Waals surface area (Å²) in [5, 5.41) is 3.82. The van der Waals surface area contributed by atoms with Crippen LogP contribution in [0.15, 0.2) is 73.3 Å². The molecule has 1 N–H and O–H groups in total. The zero-order valence-corrected chi connectivity index (χ0v) is 15.0. The number of hydrogen-bond acceptors (Lipinski definition) is 2. The second kappa shape index (κ2) is 9.41. The van der Waals surface area contributed by atoms with Gasteiger partial charge in [0.15, 0.2) is 0 Å². The van der Waals surface area contributed by atoms with E-state index in [1.54, 1.807) is 7.11 Å². The highest BCUT2D eigenvalue weighted by Gasteiger charge is 2.27. The third kappa shape index (κ3) is 4.80. The Bertz CT molecular complexity index is 594. The summed E-state index contributed by atoms with van der Waals surface area (Å²) < 4.78 is 5.92. The first kappa shape index (κ1) is 18.4. The highest BCUT2D eigenvalue weighted by atomic mass is 16.5. The van der Waals surface area contributed by atoms with Gasteiger partial charge in [-0.3, -0.25) is 0 Å². The molecule has 0 saturated heterocycles. The van der Waals surface area contributed by atoms with Crippen molar-refractivity contribution >= 4 is 0 Å². The van der Waals surface area contributed by atoms with Crippen molar-refractivity contribution in [1.82, 2.24) is 5.32 Å². The molecule has 3 atom stereocenters. The molecule has 0 aliphatic heterocycles. The Morgan fingerprint density at radius 1 is 0.958 bits per heavy atom. The lowest BCUT2D eigenvalue weighted by Gasteiger charge is -2.33. The Morgan fingerprint density at radius 3 is 1.96 bits per heavy atom. The number of ether oxygens (including phenoxy) is 1. The van der Waals surface area contributed by atoms with E-state index in [0.29, 0.717) is 12.0 Å². The van der Waals surface area contributed by atoms with E-state index in [-0.39, 0.29) is 12.1 Å². The molecule has 0 fully saturated rings. The van der Waals surface area contributed by atoms with Crippen molar-refractivity contribution in [3.05, 3.63) is 84.4 Å². The van der Waals surface area contributed by atoms with Crippen LogP contribution in [0.3, 0.4) is 0 Å². The van der Waals surface area contributed by atoms with Crippen LogP contribution in [0.4, 0.5) is 0 Å². The summed E-state index contributed by atoms with van der Waals surface area (Å²) in [4.78, 5) is 0. The first-order valence-electron chi connectivity index (χ1n) is 8.67. The fraction of sp³-hybridized carbons (Fsp3) is 0.364. The molecule has 2 aromatic rings. The first-order valence-corrected chi connectivity index (χ1v) is 8.67. The summed E-state index contributed by atoms with van der Waals surface area (Å²) in [6.45, 7) is 8.40. The highest BCUT2D eigenvalue weighted by Crippen LogP contribution is 2.33. The summed E-state index contributed by atoms with van der Waals surface area (Å²) in [6.07, 6.45) is 2.88. The Morgan fingerprint density at radius 2 is 1.50 bits per heavy atom. The number of rotatable bonds is 9. The van der Waals surface area contributed by atoms with Crippen molar-refractivity contribution in [2.75, 3.05) is 7.11 Å². The van der Waals surface area contributed by atoms with E-state index in [0.717, 1.165) is 6.42 Å². The van der Waals surface area contributed by atoms with Gasteiger partial charge < -0.3 is 10.1 Å². The van der Waals surface area contributed by atoms with E-state index in [4.69, 9.17) is 4.74 Å². The molecular weight excluding hydrogens is 294 g/mol. The van der Waals surface area contributed by atoms with Crippen molar-refractivity contribution in [2.45, 2.75) is 38.5 Å². The molecule has 2 rings (SSSR count). The van der Waals surface area contributed by atoms with E-state index >= 15 is 0 Å². The molecule has 0 bridgehead atoms. The van der Waals surface area contributed by atoms with E-state index < -0.39 is 0 Å². The quantitative estimate of drug-likeness (QED) is 0.632. The smallest absolute Gasteiger partial charge is 0.102 e. The van der Waals surface area contributed by atoms with Crippen molar-refractivity contribution in [1.29, 1.82) is 0 Å². The molecule has 0 saturated carbocycles. The molecule has 0 aliphatic rings. The maximum absolute atomic E-state index is 5.92. The van der Waals surface area contributed by atoms with Crippen LogP contribution in [0.2, 0.25) is 0 Å². The molecule has 2 nitrogen and oxygen atoms in total. The Hall–Kier alpha value is -1.90. The minimum Gasteiger partial charge on any atom is -0.375 e. The zero-order chi connectivity index (χ0) is 17.4. The molecule has 0 amide bonds. The van der Waals surface area contributed by atoms with Gasteiger partial charge in [-0.25, -0.2) is 0 Å². The lowest BCUT2D eigenvalue weighted by atomic mass is 9.92. The third-order valence-corrected chi connectivity index (χ3v) is 4.46. The minimum absolute atomic E-state index is 0.0420. The molecule has 2 aromatic carbocycles. The fourth-order valence-electron chi connectivity index (χ4n) is 3.07. The number of benzene rings is 2. The molecule has 0 unspecified atom stereocenters. The number of nitrogens with one attached hydrogen (secondary N) is 1. The van der Waals surface area contributed by atoms with Gasteiger partial charge in [0.1, 0.15) is 6.10 Å². The van der Waals surface area contributed by atoms with Gasteiger partial charge in [-0.2, -0.15) is 0 Å². The lowest BCUT2D eigenvalue weighted by molar-refractivity contribution is 0.0605. The molecule has 128 valence electrons. The summed E-state index contributed by atoms with van der Waals surface area (Å²) >= 11 is 0. The molecule has 0 heterocycles. The zero-order valence-electron chi connectivity index (χ0n) is 15.0. The Kier molecular flexibility index (Phi) is 7.23. The van der Waals surface area contributed by atoms with Crippen LogP contribution in [0.5, 0.6) is 0 Å². The predicted octanol–water partition coefficient (Wildman–Crippen LogP) is 5.31. The maximum atomic E-state index is 5.92. The van der Waals surface area contributed by atoms with Crippen LogP contribution in [0.1, 0.15) is 43.5 Å². The van der Waals surface area contributed by atoms with Crippen LogP contribution < -0.4 is 5.32 Å².